The van der Waals surface area contributed by atoms with Crippen LogP contribution in [0.2, 0.25) is 0 Å². The molecule has 0 saturated carbocycles. The van der Waals surface area contributed by atoms with Crippen LogP contribution in [0.5, 0.6) is 0 Å². The predicted octanol–water partition coefficient (Wildman–Crippen LogP) is 1.94. The van der Waals surface area contributed by atoms with Gasteiger partial charge in [0.2, 0.25) is 5.71 Å². The molecule has 1 aromatic carbocycles. The molecule has 4 heteroatoms. The van der Waals surface area contributed by atoms with Gasteiger partial charge in [-0.1, -0.05) is 29.4 Å². The van der Waals surface area contributed by atoms with Gasteiger partial charge < -0.3 is 5.21 Å². The van der Waals surface area contributed by atoms with E-state index in [1.54, 1.807) is 12.1 Å². The van der Waals surface area contributed by atoms with E-state index in [0.717, 1.165) is 10.9 Å². The Morgan fingerprint density at radius 1 is 1.27 bits per heavy atom. The lowest BCUT2D eigenvalue weighted by Crippen LogP contribution is -2.00. The molecular weight excluding hydrogens is 190 g/mol. The Labute approximate surface area is 86.1 Å². The first kappa shape index (κ1) is 9.16. The first-order chi connectivity index (χ1) is 7.35. The fraction of sp³-hybridized carbons (Fsp3) is 0. The zero-order chi connectivity index (χ0) is 10.7. The van der Waals surface area contributed by atoms with Gasteiger partial charge in [0.25, 0.3) is 0 Å². The summed E-state index contributed by atoms with van der Waals surface area (Å²) in [6.07, 6.45) is 0. The second-order valence-corrected chi connectivity index (χ2v) is 2.95. The Hall–Kier alpha value is -2.41. The second kappa shape index (κ2) is 3.76. The molecule has 0 unspecified atom stereocenters. The topological polar surface area (TPSA) is 69.3 Å². The zero-order valence-electron chi connectivity index (χ0n) is 7.75. The van der Waals surface area contributed by atoms with E-state index in [2.05, 4.69) is 10.1 Å². The molecule has 1 aromatic heterocycles. The van der Waals surface area contributed by atoms with E-state index in [0.29, 0.717) is 5.69 Å². The van der Waals surface area contributed by atoms with Gasteiger partial charge in [-0.25, -0.2) is 4.98 Å². The maximum absolute atomic E-state index is 8.67. The smallest absolute Gasteiger partial charge is 0.205 e. The summed E-state index contributed by atoms with van der Waals surface area (Å²) in [5.41, 5.74) is 1.06. The number of fused-ring (bicyclic) bond motifs is 1. The van der Waals surface area contributed by atoms with Crippen molar-refractivity contribution in [1.82, 2.24) is 4.98 Å². The van der Waals surface area contributed by atoms with E-state index >= 15 is 0 Å². The zero-order valence-corrected chi connectivity index (χ0v) is 7.75. The molecule has 0 aliphatic carbocycles. The van der Waals surface area contributed by atoms with Crippen LogP contribution in [0.3, 0.4) is 0 Å². The number of nitrogens with zero attached hydrogens (tertiary/aromatic N) is 3. The van der Waals surface area contributed by atoms with Crippen molar-refractivity contribution >= 4 is 16.6 Å². The third kappa shape index (κ3) is 1.63. The number of nitriles is 1. The third-order valence-corrected chi connectivity index (χ3v) is 2.05. The third-order valence-electron chi connectivity index (χ3n) is 2.05. The second-order valence-electron chi connectivity index (χ2n) is 2.95. The van der Waals surface area contributed by atoms with Crippen molar-refractivity contribution in [2.75, 3.05) is 0 Å². The van der Waals surface area contributed by atoms with Gasteiger partial charge in [0.05, 0.1) is 5.52 Å². The molecule has 0 bridgehead atoms. The summed E-state index contributed by atoms with van der Waals surface area (Å²) in [5.74, 6) is 0. The van der Waals surface area contributed by atoms with Gasteiger partial charge in [0, 0.05) is 5.39 Å². The highest BCUT2D eigenvalue weighted by molar-refractivity contribution is 6.10. The predicted molar refractivity (Wildman–Crippen MR) is 55.7 cm³/mol. The van der Waals surface area contributed by atoms with Gasteiger partial charge in [0.1, 0.15) is 11.8 Å². The Bertz CT molecular complexity index is 569. The van der Waals surface area contributed by atoms with Crippen LogP contribution < -0.4 is 0 Å². The van der Waals surface area contributed by atoms with Crippen molar-refractivity contribution in [3.8, 4) is 6.07 Å². The first-order valence-electron chi connectivity index (χ1n) is 4.33. The number of para-hydroxylation sites is 1. The number of pyridine rings is 1. The molecule has 0 radical (unpaired) electrons. The van der Waals surface area contributed by atoms with Gasteiger partial charge in [-0.05, 0) is 12.1 Å². The van der Waals surface area contributed by atoms with Crippen molar-refractivity contribution in [3.05, 3.63) is 42.1 Å². The molecule has 0 aliphatic rings. The minimum Gasteiger partial charge on any atom is -0.410 e. The number of oxime groups is 1. The van der Waals surface area contributed by atoms with E-state index in [9.17, 15) is 0 Å². The molecule has 2 aromatic rings. The number of hydrogen-bond acceptors (Lipinski definition) is 4. The normalized spacial score (nSPS) is 11.3. The molecule has 0 amide bonds. The SMILES string of the molecule is N#CC(=NO)c1ccc2ccccc2n1. The van der Waals surface area contributed by atoms with Crippen LogP contribution in [0.15, 0.2) is 41.6 Å². The lowest BCUT2D eigenvalue weighted by molar-refractivity contribution is 0.320. The summed E-state index contributed by atoms with van der Waals surface area (Å²) in [6.45, 7) is 0. The summed E-state index contributed by atoms with van der Waals surface area (Å²) >= 11 is 0. The van der Waals surface area contributed by atoms with E-state index in [4.69, 9.17) is 10.5 Å². The molecule has 1 N–H and O–H groups in total. The largest absolute Gasteiger partial charge is 0.410 e. The maximum Gasteiger partial charge on any atom is 0.205 e. The molecule has 0 aliphatic heterocycles. The molecule has 0 atom stereocenters. The molecule has 15 heavy (non-hydrogen) atoms. The minimum absolute atomic E-state index is 0.0826. The Kier molecular flexibility index (Phi) is 2.30. The van der Waals surface area contributed by atoms with Crippen molar-refractivity contribution in [2.24, 2.45) is 5.16 Å². The molecular formula is C11H7N3O. The molecule has 1 heterocycles. The van der Waals surface area contributed by atoms with Crippen LogP contribution in [-0.4, -0.2) is 15.9 Å². The van der Waals surface area contributed by atoms with Crippen LogP contribution in [-0.2, 0) is 0 Å². The van der Waals surface area contributed by atoms with Crippen LogP contribution in [0.1, 0.15) is 5.69 Å². The van der Waals surface area contributed by atoms with Gasteiger partial charge in [0.15, 0.2) is 0 Å². The van der Waals surface area contributed by atoms with Crippen LogP contribution >= 0.6 is 0 Å². The number of benzene rings is 1. The van der Waals surface area contributed by atoms with Crippen molar-refractivity contribution < 1.29 is 5.21 Å². The number of aromatic nitrogens is 1. The van der Waals surface area contributed by atoms with Gasteiger partial charge in [-0.2, -0.15) is 5.26 Å². The average Bonchev–Trinajstić information content (AvgIpc) is 2.30. The summed E-state index contributed by atoms with van der Waals surface area (Å²) in [4.78, 5) is 4.20. The quantitative estimate of drug-likeness (QED) is 0.431. The summed E-state index contributed by atoms with van der Waals surface area (Å²) in [7, 11) is 0. The molecule has 72 valence electrons. The summed E-state index contributed by atoms with van der Waals surface area (Å²) in [6, 6.07) is 12.8. The Morgan fingerprint density at radius 2 is 2.07 bits per heavy atom. The minimum atomic E-state index is -0.0826. The van der Waals surface area contributed by atoms with Gasteiger partial charge >= 0.3 is 0 Å². The highest BCUT2D eigenvalue weighted by Crippen LogP contribution is 2.11. The van der Waals surface area contributed by atoms with E-state index in [1.807, 2.05) is 30.3 Å². The molecule has 0 spiro atoms. The average molecular weight is 197 g/mol. The van der Waals surface area contributed by atoms with Crippen LogP contribution in [0.25, 0.3) is 10.9 Å². The lowest BCUT2D eigenvalue weighted by Gasteiger charge is -1.98. The van der Waals surface area contributed by atoms with Crippen molar-refractivity contribution in [3.63, 3.8) is 0 Å². The highest BCUT2D eigenvalue weighted by atomic mass is 16.4. The van der Waals surface area contributed by atoms with Crippen molar-refractivity contribution in [2.45, 2.75) is 0 Å². The van der Waals surface area contributed by atoms with E-state index in [1.165, 1.54) is 0 Å². The maximum atomic E-state index is 8.67. The van der Waals surface area contributed by atoms with Crippen LogP contribution in [0.4, 0.5) is 0 Å². The molecule has 0 fully saturated rings. The van der Waals surface area contributed by atoms with Gasteiger partial charge in [-0.3, -0.25) is 0 Å². The highest BCUT2D eigenvalue weighted by Gasteiger charge is 2.05. The monoisotopic (exact) mass is 197 g/mol. The first-order valence-corrected chi connectivity index (χ1v) is 4.33. The fourth-order valence-electron chi connectivity index (χ4n) is 1.33. The Morgan fingerprint density at radius 3 is 2.80 bits per heavy atom. The van der Waals surface area contributed by atoms with Crippen LogP contribution in [0, 0.1) is 11.3 Å². The lowest BCUT2D eigenvalue weighted by atomic mass is 10.2. The summed E-state index contributed by atoms with van der Waals surface area (Å²) < 4.78 is 0. The fourth-order valence-corrected chi connectivity index (χ4v) is 1.33. The Balaban J connectivity index is 2.62. The molecule has 2 rings (SSSR count). The molecule has 0 saturated heterocycles. The standard InChI is InChI=1S/C11H7N3O/c12-7-11(14-15)10-6-5-8-3-1-2-4-9(8)13-10/h1-6,15H. The van der Waals surface area contributed by atoms with E-state index < -0.39 is 0 Å². The summed E-state index contributed by atoms with van der Waals surface area (Å²) in [5, 5.41) is 21.1. The number of rotatable bonds is 1. The van der Waals surface area contributed by atoms with Crippen molar-refractivity contribution in [1.29, 1.82) is 5.26 Å². The number of hydrogen-bond donors (Lipinski definition) is 1. The van der Waals surface area contributed by atoms with Gasteiger partial charge in [-0.15, -0.1) is 0 Å². The van der Waals surface area contributed by atoms with E-state index in [-0.39, 0.29) is 5.71 Å². The molecule has 4 nitrogen and oxygen atoms in total.